The number of anilines is 1. The fourth-order valence-corrected chi connectivity index (χ4v) is 3.06. The lowest BCUT2D eigenvalue weighted by molar-refractivity contribution is 0.0955. The Morgan fingerprint density at radius 2 is 1.85 bits per heavy atom. The molecule has 2 rings (SSSR count). The van der Waals surface area contributed by atoms with Gasteiger partial charge < -0.3 is 20.7 Å². The van der Waals surface area contributed by atoms with Crippen LogP contribution in [0.1, 0.15) is 20.7 Å². The minimum atomic E-state index is -0.344. The zero-order valence-electron chi connectivity index (χ0n) is 14.2. The summed E-state index contributed by atoms with van der Waals surface area (Å²) < 4.78 is 4.93. The van der Waals surface area contributed by atoms with E-state index in [0.29, 0.717) is 40.8 Å². The van der Waals surface area contributed by atoms with Gasteiger partial charge in [0.2, 0.25) is 0 Å². The van der Waals surface area contributed by atoms with Crippen molar-refractivity contribution in [3.05, 3.63) is 51.9 Å². The molecule has 1 heterocycles. The van der Waals surface area contributed by atoms with Crippen LogP contribution in [0.15, 0.2) is 35.7 Å². The maximum Gasteiger partial charge on any atom is 0.257 e. The van der Waals surface area contributed by atoms with E-state index in [0.717, 1.165) is 6.54 Å². The van der Waals surface area contributed by atoms with Gasteiger partial charge in [-0.15, -0.1) is 23.7 Å². The number of methoxy groups -OCH3 is 1. The molecule has 2 amide bonds. The maximum absolute atomic E-state index is 12.3. The lowest BCUT2D eigenvalue weighted by Gasteiger charge is -2.09. The average molecular weight is 418 g/mol. The van der Waals surface area contributed by atoms with Crippen LogP contribution in [0.25, 0.3) is 0 Å². The number of benzene rings is 1. The molecule has 9 heteroatoms. The first-order chi connectivity index (χ1) is 12.1. The van der Waals surface area contributed by atoms with Gasteiger partial charge in [0.15, 0.2) is 0 Å². The Kier molecular flexibility index (Phi) is 10.2. The molecule has 0 radical (unpaired) electrons. The molecular weight excluding hydrogens is 397 g/mol. The highest BCUT2D eigenvalue weighted by molar-refractivity contribution is 7.14. The fraction of sp³-hybridized carbons (Fsp3) is 0.294. The van der Waals surface area contributed by atoms with Crippen molar-refractivity contribution in [3.8, 4) is 0 Å². The lowest BCUT2D eigenvalue weighted by atomic mass is 10.2. The number of carbonyl (C=O) groups excluding carboxylic acids is 2. The lowest BCUT2D eigenvalue weighted by Crippen LogP contribution is -2.33. The molecule has 0 fully saturated rings. The highest BCUT2D eigenvalue weighted by atomic mass is 35.5. The van der Waals surface area contributed by atoms with E-state index in [4.69, 9.17) is 16.3 Å². The van der Waals surface area contributed by atoms with Gasteiger partial charge in [-0.25, -0.2) is 0 Å². The van der Waals surface area contributed by atoms with Gasteiger partial charge in [0, 0.05) is 26.7 Å². The Bertz CT molecular complexity index is 725. The molecule has 26 heavy (non-hydrogen) atoms. The van der Waals surface area contributed by atoms with Crippen molar-refractivity contribution in [2.75, 3.05) is 38.7 Å². The summed E-state index contributed by atoms with van der Waals surface area (Å²) in [6.07, 6.45) is 0. The number of carbonyl (C=O) groups is 2. The van der Waals surface area contributed by atoms with Crippen molar-refractivity contribution in [1.82, 2.24) is 10.6 Å². The molecule has 0 atom stereocenters. The first-order valence-electron chi connectivity index (χ1n) is 7.74. The van der Waals surface area contributed by atoms with Gasteiger partial charge in [-0.05, 0) is 23.6 Å². The molecule has 0 aliphatic heterocycles. The quantitative estimate of drug-likeness (QED) is 0.547. The maximum atomic E-state index is 12.3. The molecule has 0 bridgehead atoms. The molecule has 3 N–H and O–H groups in total. The Morgan fingerprint density at radius 1 is 1.08 bits per heavy atom. The van der Waals surface area contributed by atoms with Crippen LogP contribution in [0, 0.1) is 0 Å². The van der Waals surface area contributed by atoms with Crippen LogP contribution in [0.4, 0.5) is 5.00 Å². The standard InChI is InChI=1S/C17H20ClN3O3S.ClH/c1-24-10-9-19-7-8-20-15(22)13-6-11-25-17(13)21-16(23)12-4-2-3-5-14(12)18;/h2-6,11,19H,7-10H2,1H3,(H,20,22)(H,21,23);1H. The molecule has 0 spiro atoms. The van der Waals surface area contributed by atoms with E-state index < -0.39 is 0 Å². The number of amides is 2. The summed E-state index contributed by atoms with van der Waals surface area (Å²) in [5, 5.41) is 11.3. The van der Waals surface area contributed by atoms with Gasteiger partial charge >= 0.3 is 0 Å². The van der Waals surface area contributed by atoms with Crippen molar-refractivity contribution >= 4 is 52.2 Å². The van der Waals surface area contributed by atoms with Crippen LogP contribution in [-0.2, 0) is 4.74 Å². The zero-order chi connectivity index (χ0) is 18.1. The van der Waals surface area contributed by atoms with Crippen LogP contribution >= 0.6 is 35.3 Å². The summed E-state index contributed by atoms with van der Waals surface area (Å²) >= 11 is 7.32. The predicted octanol–water partition coefficient (Wildman–Crippen LogP) is 3.04. The topological polar surface area (TPSA) is 79.5 Å². The normalized spacial score (nSPS) is 10.1. The average Bonchev–Trinajstić information content (AvgIpc) is 3.06. The Labute approximate surface area is 167 Å². The molecule has 0 aliphatic rings. The molecule has 0 unspecified atom stereocenters. The minimum absolute atomic E-state index is 0. The van der Waals surface area contributed by atoms with E-state index in [1.54, 1.807) is 42.8 Å². The number of ether oxygens (including phenoxy) is 1. The van der Waals surface area contributed by atoms with Gasteiger partial charge in [0.25, 0.3) is 11.8 Å². The molecule has 0 aliphatic carbocycles. The highest BCUT2D eigenvalue weighted by Crippen LogP contribution is 2.25. The van der Waals surface area contributed by atoms with Crippen molar-refractivity contribution in [2.45, 2.75) is 0 Å². The summed E-state index contributed by atoms with van der Waals surface area (Å²) in [5.74, 6) is -0.576. The van der Waals surface area contributed by atoms with Gasteiger partial charge in [-0.2, -0.15) is 0 Å². The summed E-state index contributed by atoms with van der Waals surface area (Å²) in [7, 11) is 1.64. The second-order valence-corrected chi connectivity index (χ2v) is 6.42. The largest absolute Gasteiger partial charge is 0.383 e. The first-order valence-corrected chi connectivity index (χ1v) is 9.00. The Morgan fingerprint density at radius 3 is 2.58 bits per heavy atom. The van der Waals surface area contributed by atoms with Gasteiger partial charge in [-0.1, -0.05) is 23.7 Å². The molecule has 0 saturated heterocycles. The van der Waals surface area contributed by atoms with Gasteiger partial charge in [-0.3, -0.25) is 9.59 Å². The smallest absolute Gasteiger partial charge is 0.257 e. The minimum Gasteiger partial charge on any atom is -0.383 e. The zero-order valence-corrected chi connectivity index (χ0v) is 16.6. The van der Waals surface area contributed by atoms with Crippen molar-refractivity contribution < 1.29 is 14.3 Å². The van der Waals surface area contributed by atoms with Crippen molar-refractivity contribution in [1.29, 1.82) is 0 Å². The summed E-state index contributed by atoms with van der Waals surface area (Å²) in [6.45, 7) is 2.47. The van der Waals surface area contributed by atoms with E-state index in [9.17, 15) is 9.59 Å². The fourth-order valence-electron chi connectivity index (χ4n) is 2.06. The number of rotatable bonds is 9. The Balaban J connectivity index is 0.00000338. The van der Waals surface area contributed by atoms with Crippen LogP contribution < -0.4 is 16.0 Å². The van der Waals surface area contributed by atoms with Gasteiger partial charge in [0.1, 0.15) is 5.00 Å². The number of hydrogen-bond acceptors (Lipinski definition) is 5. The SMILES string of the molecule is COCCNCCNC(=O)c1ccsc1NC(=O)c1ccccc1Cl.Cl. The monoisotopic (exact) mass is 417 g/mol. The molecule has 142 valence electrons. The number of nitrogens with one attached hydrogen (secondary N) is 3. The third-order valence-electron chi connectivity index (χ3n) is 3.33. The van der Waals surface area contributed by atoms with E-state index in [-0.39, 0.29) is 24.2 Å². The summed E-state index contributed by atoms with van der Waals surface area (Å²) in [6, 6.07) is 8.45. The van der Waals surface area contributed by atoms with E-state index in [2.05, 4.69) is 16.0 Å². The van der Waals surface area contributed by atoms with Gasteiger partial charge in [0.05, 0.1) is 22.8 Å². The molecule has 1 aromatic heterocycles. The molecule has 0 saturated carbocycles. The second-order valence-electron chi connectivity index (χ2n) is 5.10. The van der Waals surface area contributed by atoms with Crippen LogP contribution in [-0.4, -0.2) is 45.2 Å². The molecular formula is C17H21Cl2N3O3S. The third-order valence-corrected chi connectivity index (χ3v) is 4.49. The summed E-state index contributed by atoms with van der Waals surface area (Å²) in [4.78, 5) is 24.6. The molecule has 1 aromatic carbocycles. The molecule has 6 nitrogen and oxygen atoms in total. The molecule has 2 aromatic rings. The van der Waals surface area contributed by atoms with E-state index in [1.807, 2.05) is 0 Å². The van der Waals surface area contributed by atoms with Crippen LogP contribution in [0.2, 0.25) is 5.02 Å². The summed E-state index contributed by atoms with van der Waals surface area (Å²) in [5.41, 5.74) is 0.800. The number of hydrogen-bond donors (Lipinski definition) is 3. The third kappa shape index (κ3) is 6.59. The highest BCUT2D eigenvalue weighted by Gasteiger charge is 2.16. The van der Waals surface area contributed by atoms with Crippen LogP contribution in [0.5, 0.6) is 0 Å². The number of halogens is 2. The second kappa shape index (κ2) is 11.9. The van der Waals surface area contributed by atoms with E-state index in [1.165, 1.54) is 11.3 Å². The first kappa shape index (κ1) is 22.4. The van der Waals surface area contributed by atoms with Crippen molar-refractivity contribution in [2.24, 2.45) is 0 Å². The van der Waals surface area contributed by atoms with Crippen molar-refractivity contribution in [3.63, 3.8) is 0 Å². The van der Waals surface area contributed by atoms with Crippen LogP contribution in [0.3, 0.4) is 0 Å². The Hall–Kier alpha value is -1.64. The van der Waals surface area contributed by atoms with E-state index >= 15 is 0 Å². The number of thiophene rings is 1. The predicted molar refractivity (Wildman–Crippen MR) is 108 cm³/mol.